The average molecular weight is 690 g/mol. The first-order valence-corrected chi connectivity index (χ1v) is 20.3. The van der Waals surface area contributed by atoms with Crippen LogP contribution in [-0.2, 0) is 19.3 Å². The Morgan fingerprint density at radius 2 is 1.08 bits per heavy atom. The molecule has 0 saturated heterocycles. The SMILES string of the molecule is CCCCCCCCc1c(CCCCCC)cc(N=[N+](C=Cc2cc(CC)c(-c3ccccc3)c(-c3ccccc3)c2)CC)cc1-c1ccccc1. The molecule has 0 aliphatic carbocycles. The fraction of sp³-hybridized carbons (Fsp3) is 0.360. The largest absolute Gasteiger partial charge is 0.196 e. The van der Waals surface area contributed by atoms with E-state index in [-0.39, 0.29) is 0 Å². The van der Waals surface area contributed by atoms with Gasteiger partial charge < -0.3 is 0 Å². The Kier molecular flexibility index (Phi) is 15.7. The maximum atomic E-state index is 5.29. The van der Waals surface area contributed by atoms with E-state index >= 15 is 0 Å². The highest BCUT2D eigenvalue weighted by Crippen LogP contribution is 2.37. The molecule has 0 aliphatic heterocycles. The third kappa shape index (κ3) is 11.0. The maximum Gasteiger partial charge on any atom is 0.196 e. The molecule has 0 aromatic heterocycles. The molecule has 0 radical (unpaired) electrons. The Morgan fingerprint density at radius 1 is 0.519 bits per heavy atom. The summed E-state index contributed by atoms with van der Waals surface area (Å²) in [7, 11) is 0. The van der Waals surface area contributed by atoms with Crippen LogP contribution in [0.4, 0.5) is 5.69 Å². The first-order chi connectivity index (χ1) is 25.6. The zero-order valence-electron chi connectivity index (χ0n) is 32.4. The van der Waals surface area contributed by atoms with Crippen molar-refractivity contribution in [2.24, 2.45) is 5.11 Å². The predicted octanol–water partition coefficient (Wildman–Crippen LogP) is 15.1. The molecule has 0 bridgehead atoms. The zero-order chi connectivity index (χ0) is 36.4. The number of azo groups is 2. The fourth-order valence-corrected chi connectivity index (χ4v) is 7.41. The van der Waals surface area contributed by atoms with Crippen molar-refractivity contribution in [3.63, 3.8) is 0 Å². The van der Waals surface area contributed by atoms with Gasteiger partial charge in [-0.25, -0.2) is 0 Å². The number of benzene rings is 5. The van der Waals surface area contributed by atoms with Crippen molar-refractivity contribution in [1.29, 1.82) is 0 Å². The van der Waals surface area contributed by atoms with Crippen LogP contribution < -0.4 is 0 Å². The molecule has 2 heteroatoms. The third-order valence-electron chi connectivity index (χ3n) is 10.3. The first kappa shape index (κ1) is 38.7. The molecule has 5 rings (SSSR count). The minimum Gasteiger partial charge on any atom is -0.0910 e. The quantitative estimate of drug-likeness (QED) is 0.0439. The van der Waals surface area contributed by atoms with Crippen LogP contribution in [0, 0.1) is 0 Å². The van der Waals surface area contributed by atoms with Gasteiger partial charge in [0.2, 0.25) is 0 Å². The number of rotatable bonds is 20. The van der Waals surface area contributed by atoms with E-state index in [0.717, 1.165) is 31.5 Å². The van der Waals surface area contributed by atoms with Crippen molar-refractivity contribution >= 4 is 11.8 Å². The second-order valence-corrected chi connectivity index (χ2v) is 14.2. The summed E-state index contributed by atoms with van der Waals surface area (Å²) >= 11 is 0. The monoisotopic (exact) mass is 689 g/mol. The molecule has 5 aromatic carbocycles. The van der Waals surface area contributed by atoms with E-state index in [0.29, 0.717) is 0 Å². The van der Waals surface area contributed by atoms with Gasteiger partial charge in [0.25, 0.3) is 0 Å². The first-order valence-electron chi connectivity index (χ1n) is 20.3. The van der Waals surface area contributed by atoms with E-state index in [1.807, 2.05) is 0 Å². The minimum atomic E-state index is 0.788. The molecule has 0 amide bonds. The van der Waals surface area contributed by atoms with Gasteiger partial charge in [-0.15, -0.1) is 0 Å². The summed E-state index contributed by atoms with van der Waals surface area (Å²) in [5, 5.41) is 5.29. The maximum absolute atomic E-state index is 5.29. The van der Waals surface area contributed by atoms with Crippen molar-refractivity contribution < 1.29 is 4.70 Å². The van der Waals surface area contributed by atoms with E-state index in [2.05, 4.69) is 160 Å². The summed E-state index contributed by atoms with van der Waals surface area (Å²) in [5.74, 6) is 0. The fourth-order valence-electron chi connectivity index (χ4n) is 7.41. The molecule has 270 valence electrons. The topological polar surface area (TPSA) is 15.4 Å². The molecule has 0 fully saturated rings. The van der Waals surface area contributed by atoms with Gasteiger partial charge in [0.05, 0.1) is 0 Å². The van der Waals surface area contributed by atoms with Crippen LogP contribution in [0.1, 0.15) is 114 Å². The number of hydrogen-bond acceptors (Lipinski definition) is 1. The molecule has 5 aromatic rings. The highest BCUT2D eigenvalue weighted by molar-refractivity contribution is 5.87. The molecule has 0 saturated carbocycles. The third-order valence-corrected chi connectivity index (χ3v) is 10.3. The van der Waals surface area contributed by atoms with E-state index in [1.165, 1.54) is 120 Å². The number of nitrogens with zero attached hydrogens (tertiary/aromatic N) is 2. The lowest BCUT2D eigenvalue weighted by Crippen LogP contribution is -2.02. The van der Waals surface area contributed by atoms with Gasteiger partial charge in [-0.1, -0.05) is 174 Å². The van der Waals surface area contributed by atoms with Crippen LogP contribution in [0.15, 0.2) is 127 Å². The van der Waals surface area contributed by atoms with Crippen molar-refractivity contribution in [2.75, 3.05) is 6.54 Å². The Balaban J connectivity index is 1.52. The molecule has 0 unspecified atom stereocenters. The Hall–Kier alpha value is -4.56. The molecule has 0 atom stereocenters. The lowest BCUT2D eigenvalue weighted by Gasteiger charge is -2.17. The van der Waals surface area contributed by atoms with Crippen LogP contribution in [0.2, 0.25) is 0 Å². The van der Waals surface area contributed by atoms with Gasteiger partial charge in [-0.2, -0.15) is 0 Å². The number of aryl methyl sites for hydroxylation is 2. The molecule has 0 aliphatic rings. The standard InChI is InChI=1S/C50H61N2/c1-5-9-11-13-14-25-33-47-45(32-18-12-10-6-2)38-46(39-48(47)42-26-19-15-20-27-42)51-52(8-4)35-34-40-36-41(7-3)50(44-30-23-17-24-31-44)49(37-40)43-28-21-16-22-29-43/h15-17,19-24,26-31,34-39H,5-14,18,25,32-33H2,1-4H3/q+1. The van der Waals surface area contributed by atoms with Crippen LogP contribution in [0.5, 0.6) is 0 Å². The molecular formula is C50H61N2+. The minimum absolute atomic E-state index is 0.788. The molecule has 2 nitrogen and oxygen atoms in total. The normalized spacial score (nSPS) is 11.8. The smallest absolute Gasteiger partial charge is 0.0910 e. The van der Waals surface area contributed by atoms with E-state index in [1.54, 1.807) is 0 Å². The van der Waals surface area contributed by atoms with Crippen LogP contribution >= 0.6 is 0 Å². The van der Waals surface area contributed by atoms with Crippen molar-refractivity contribution in [2.45, 2.75) is 111 Å². The van der Waals surface area contributed by atoms with Crippen LogP contribution in [-0.4, -0.2) is 11.2 Å². The lowest BCUT2D eigenvalue weighted by molar-refractivity contribution is -0.519. The van der Waals surface area contributed by atoms with E-state index < -0.39 is 0 Å². The number of hydrogen-bond donors (Lipinski definition) is 0. The van der Waals surface area contributed by atoms with Gasteiger partial charge in [0.1, 0.15) is 5.69 Å². The van der Waals surface area contributed by atoms with E-state index in [4.69, 9.17) is 5.11 Å². The Labute approximate surface area is 315 Å². The van der Waals surface area contributed by atoms with Gasteiger partial charge in [-0.05, 0) is 118 Å². The second-order valence-electron chi connectivity index (χ2n) is 14.2. The molecule has 0 heterocycles. The molecule has 0 spiro atoms. The summed E-state index contributed by atoms with van der Waals surface area (Å²) in [6, 6.07) is 42.1. The van der Waals surface area contributed by atoms with Crippen LogP contribution in [0.3, 0.4) is 0 Å². The highest BCUT2D eigenvalue weighted by atomic mass is 15.2. The molecule has 0 N–H and O–H groups in total. The average Bonchev–Trinajstić information content (AvgIpc) is 3.20. The summed E-state index contributed by atoms with van der Waals surface area (Å²) in [5.41, 5.74) is 14.4. The van der Waals surface area contributed by atoms with Gasteiger partial charge in [0.15, 0.2) is 12.7 Å². The van der Waals surface area contributed by atoms with Crippen molar-refractivity contribution in [1.82, 2.24) is 0 Å². The number of unbranched alkanes of at least 4 members (excludes halogenated alkanes) is 8. The van der Waals surface area contributed by atoms with Crippen molar-refractivity contribution in [3.05, 3.63) is 144 Å². The van der Waals surface area contributed by atoms with Gasteiger partial charge >= 0.3 is 0 Å². The summed E-state index contributed by atoms with van der Waals surface area (Å²) < 4.78 is 2.11. The summed E-state index contributed by atoms with van der Waals surface area (Å²) in [6.07, 6.45) is 20.6. The van der Waals surface area contributed by atoms with Gasteiger partial charge in [0, 0.05) is 6.08 Å². The predicted molar refractivity (Wildman–Crippen MR) is 225 cm³/mol. The molecule has 52 heavy (non-hydrogen) atoms. The summed E-state index contributed by atoms with van der Waals surface area (Å²) in [6.45, 7) is 9.84. The summed E-state index contributed by atoms with van der Waals surface area (Å²) in [4.78, 5) is 0. The Bertz CT molecular complexity index is 1850. The van der Waals surface area contributed by atoms with E-state index in [9.17, 15) is 0 Å². The lowest BCUT2D eigenvalue weighted by atomic mass is 9.87. The van der Waals surface area contributed by atoms with Crippen LogP contribution in [0.25, 0.3) is 39.5 Å². The highest BCUT2D eigenvalue weighted by Gasteiger charge is 2.16. The molecular weight excluding hydrogens is 629 g/mol. The zero-order valence-corrected chi connectivity index (χ0v) is 32.4. The van der Waals surface area contributed by atoms with Crippen molar-refractivity contribution in [3.8, 4) is 33.4 Å². The second kappa shape index (κ2) is 21.1. The Morgan fingerprint density at radius 3 is 1.69 bits per heavy atom. The van der Waals surface area contributed by atoms with Gasteiger partial charge in [-0.3, -0.25) is 0 Å².